The Morgan fingerprint density at radius 3 is 2.50 bits per heavy atom. The van der Waals surface area contributed by atoms with E-state index in [1.165, 1.54) is 14.0 Å². The molecule has 0 aliphatic heterocycles. The Bertz CT molecular complexity index is 613. The molecule has 0 bridgehead atoms. The lowest BCUT2D eigenvalue weighted by Crippen LogP contribution is -2.22. The first-order chi connectivity index (χ1) is 9.21. The molecule has 0 saturated heterocycles. The van der Waals surface area contributed by atoms with E-state index in [0.717, 1.165) is 0 Å². The minimum atomic E-state index is -4.18. The molecule has 1 N–H and O–H groups in total. The summed E-state index contributed by atoms with van der Waals surface area (Å²) in [6.07, 6.45) is 0.0805. The quantitative estimate of drug-likeness (QED) is 0.867. The molecular formula is C12H14F2O5S. The van der Waals surface area contributed by atoms with Crippen LogP contribution < -0.4 is 0 Å². The fourth-order valence-corrected chi connectivity index (χ4v) is 3.03. The molecule has 1 aromatic rings. The lowest BCUT2D eigenvalue weighted by molar-refractivity contribution is 0.0696. The predicted molar refractivity (Wildman–Crippen MR) is 66.5 cm³/mol. The average Bonchev–Trinajstić information content (AvgIpc) is 2.38. The Labute approximate surface area is 115 Å². The fourth-order valence-electron chi connectivity index (χ4n) is 1.55. The number of carboxylic acid groups (broad SMARTS) is 1. The number of halogens is 2. The smallest absolute Gasteiger partial charge is 0.335 e. The molecule has 20 heavy (non-hydrogen) atoms. The molecule has 0 amide bonds. The maximum absolute atomic E-state index is 13.6. The molecule has 0 fully saturated rings. The highest BCUT2D eigenvalue weighted by Gasteiger charge is 2.29. The summed E-state index contributed by atoms with van der Waals surface area (Å²) < 4.78 is 56.0. The van der Waals surface area contributed by atoms with Crippen LogP contribution in [0.15, 0.2) is 17.0 Å². The highest BCUT2D eigenvalue weighted by atomic mass is 32.2. The Morgan fingerprint density at radius 2 is 2.00 bits per heavy atom. The number of hydrogen-bond donors (Lipinski definition) is 1. The van der Waals surface area contributed by atoms with E-state index in [1.807, 2.05) is 0 Å². The van der Waals surface area contributed by atoms with Crippen LogP contribution in [0.25, 0.3) is 0 Å². The van der Waals surface area contributed by atoms with E-state index in [-0.39, 0.29) is 13.0 Å². The van der Waals surface area contributed by atoms with Gasteiger partial charge in [-0.1, -0.05) is 0 Å². The Morgan fingerprint density at radius 1 is 1.40 bits per heavy atom. The van der Waals surface area contributed by atoms with E-state index >= 15 is 0 Å². The lowest BCUT2D eigenvalue weighted by atomic mass is 10.2. The lowest BCUT2D eigenvalue weighted by Gasteiger charge is -2.14. The van der Waals surface area contributed by atoms with E-state index in [9.17, 15) is 22.0 Å². The molecule has 0 radical (unpaired) electrons. The molecule has 0 aliphatic carbocycles. The maximum Gasteiger partial charge on any atom is 0.335 e. The third-order valence-electron chi connectivity index (χ3n) is 2.81. The van der Waals surface area contributed by atoms with E-state index in [4.69, 9.17) is 9.84 Å². The molecule has 0 aromatic heterocycles. The monoisotopic (exact) mass is 308 g/mol. The van der Waals surface area contributed by atoms with Crippen LogP contribution in [0.3, 0.4) is 0 Å². The number of carbonyl (C=O) groups is 1. The van der Waals surface area contributed by atoms with Gasteiger partial charge in [0, 0.05) is 13.7 Å². The SMILES string of the molecule is COCCC(C)S(=O)(=O)c1cc(C(=O)O)cc(F)c1F. The van der Waals surface area contributed by atoms with Gasteiger partial charge in [0.25, 0.3) is 0 Å². The predicted octanol–water partition coefficient (Wildman–Crippen LogP) is 1.86. The standard InChI is InChI=1S/C12H14F2O5S/c1-7(3-4-19-2)20(17,18)10-6-8(12(15)16)5-9(13)11(10)14/h5-7H,3-4H2,1-2H3,(H,15,16). The number of methoxy groups -OCH3 is 1. The van der Waals surface area contributed by atoms with Gasteiger partial charge in [-0.3, -0.25) is 0 Å². The molecule has 0 heterocycles. The second kappa shape index (κ2) is 6.27. The summed E-state index contributed by atoms with van der Waals surface area (Å²) in [7, 11) is -2.80. The second-order valence-corrected chi connectivity index (χ2v) is 6.55. The summed E-state index contributed by atoms with van der Waals surface area (Å²) in [4.78, 5) is 9.84. The summed E-state index contributed by atoms with van der Waals surface area (Å²) in [6.45, 7) is 1.45. The number of hydrogen-bond acceptors (Lipinski definition) is 4. The van der Waals surface area contributed by atoms with Gasteiger partial charge in [-0.2, -0.15) is 0 Å². The minimum absolute atomic E-state index is 0.0805. The van der Waals surface area contributed by atoms with Gasteiger partial charge in [0.1, 0.15) is 4.90 Å². The molecule has 1 unspecified atom stereocenters. The van der Waals surface area contributed by atoms with Crippen LogP contribution in [-0.2, 0) is 14.6 Å². The van der Waals surface area contributed by atoms with Crippen molar-refractivity contribution in [3.8, 4) is 0 Å². The van der Waals surface area contributed by atoms with Crippen molar-refractivity contribution >= 4 is 15.8 Å². The van der Waals surface area contributed by atoms with Crippen LogP contribution in [0, 0.1) is 11.6 Å². The molecule has 0 spiro atoms. The highest BCUT2D eigenvalue weighted by molar-refractivity contribution is 7.92. The maximum atomic E-state index is 13.6. The van der Waals surface area contributed by atoms with Crippen LogP contribution in [0.5, 0.6) is 0 Å². The van der Waals surface area contributed by atoms with Crippen molar-refractivity contribution in [1.82, 2.24) is 0 Å². The van der Waals surface area contributed by atoms with Crippen LogP contribution in [0.1, 0.15) is 23.7 Å². The molecule has 8 heteroatoms. The number of benzene rings is 1. The van der Waals surface area contributed by atoms with Crippen LogP contribution >= 0.6 is 0 Å². The van der Waals surface area contributed by atoms with Gasteiger partial charge >= 0.3 is 5.97 Å². The van der Waals surface area contributed by atoms with E-state index < -0.39 is 43.1 Å². The summed E-state index contributed by atoms with van der Waals surface area (Å²) in [6, 6.07) is 1.07. The van der Waals surface area contributed by atoms with Crippen LogP contribution in [0.2, 0.25) is 0 Å². The highest BCUT2D eigenvalue weighted by Crippen LogP contribution is 2.25. The van der Waals surface area contributed by atoms with Crippen molar-refractivity contribution in [2.45, 2.75) is 23.5 Å². The summed E-state index contributed by atoms with van der Waals surface area (Å²) >= 11 is 0. The van der Waals surface area contributed by atoms with Gasteiger partial charge in [-0.05, 0) is 25.5 Å². The summed E-state index contributed by atoms with van der Waals surface area (Å²) in [5.74, 6) is -4.62. The molecule has 1 rings (SSSR count). The minimum Gasteiger partial charge on any atom is -0.478 e. The van der Waals surface area contributed by atoms with Crippen molar-refractivity contribution in [3.63, 3.8) is 0 Å². The van der Waals surface area contributed by atoms with Crippen molar-refractivity contribution in [2.24, 2.45) is 0 Å². The largest absolute Gasteiger partial charge is 0.478 e. The Kier molecular flexibility index (Phi) is 5.18. The van der Waals surface area contributed by atoms with Crippen LogP contribution in [-0.4, -0.2) is 38.5 Å². The van der Waals surface area contributed by atoms with Crippen molar-refractivity contribution < 1.29 is 31.8 Å². The Hall–Kier alpha value is -1.54. The number of sulfone groups is 1. The van der Waals surface area contributed by atoms with E-state index in [2.05, 4.69) is 0 Å². The number of ether oxygens (including phenoxy) is 1. The number of aromatic carboxylic acids is 1. The topological polar surface area (TPSA) is 80.7 Å². The normalized spacial score (nSPS) is 13.2. The summed E-state index contributed by atoms with van der Waals surface area (Å²) in [5, 5.41) is 7.74. The molecule has 1 atom stereocenters. The molecule has 0 saturated carbocycles. The third-order valence-corrected chi connectivity index (χ3v) is 5.01. The van der Waals surface area contributed by atoms with Crippen molar-refractivity contribution in [3.05, 3.63) is 29.3 Å². The van der Waals surface area contributed by atoms with Gasteiger partial charge in [0.05, 0.1) is 10.8 Å². The fraction of sp³-hybridized carbons (Fsp3) is 0.417. The van der Waals surface area contributed by atoms with Crippen molar-refractivity contribution in [1.29, 1.82) is 0 Å². The second-order valence-electron chi connectivity index (χ2n) is 4.21. The average molecular weight is 308 g/mol. The first kappa shape index (κ1) is 16.5. The van der Waals surface area contributed by atoms with Gasteiger partial charge < -0.3 is 9.84 Å². The van der Waals surface area contributed by atoms with Crippen molar-refractivity contribution in [2.75, 3.05) is 13.7 Å². The van der Waals surface area contributed by atoms with E-state index in [1.54, 1.807) is 0 Å². The zero-order chi connectivity index (χ0) is 15.5. The van der Waals surface area contributed by atoms with Gasteiger partial charge in [0.2, 0.25) is 0 Å². The molecular weight excluding hydrogens is 294 g/mol. The zero-order valence-electron chi connectivity index (χ0n) is 10.9. The zero-order valence-corrected chi connectivity index (χ0v) is 11.7. The third kappa shape index (κ3) is 3.31. The number of carboxylic acids is 1. The Balaban J connectivity index is 3.34. The molecule has 0 aliphatic rings. The summed E-state index contributed by atoms with van der Waals surface area (Å²) in [5.41, 5.74) is -0.624. The van der Waals surface area contributed by atoms with Gasteiger partial charge in [0.15, 0.2) is 21.5 Å². The molecule has 1 aromatic carbocycles. The van der Waals surface area contributed by atoms with Gasteiger partial charge in [-0.15, -0.1) is 0 Å². The first-order valence-corrected chi connectivity index (χ1v) is 7.21. The molecule has 112 valence electrons. The van der Waals surface area contributed by atoms with Gasteiger partial charge in [-0.25, -0.2) is 22.0 Å². The van der Waals surface area contributed by atoms with E-state index in [0.29, 0.717) is 12.1 Å². The molecule has 5 nitrogen and oxygen atoms in total. The first-order valence-electron chi connectivity index (χ1n) is 5.67. The number of rotatable bonds is 6. The van der Waals surface area contributed by atoms with Crippen LogP contribution in [0.4, 0.5) is 8.78 Å².